The van der Waals surface area contributed by atoms with Gasteiger partial charge in [0.2, 0.25) is 0 Å². The second-order valence-electron chi connectivity index (χ2n) is 8.12. The van der Waals surface area contributed by atoms with E-state index in [0.29, 0.717) is 12.2 Å². The van der Waals surface area contributed by atoms with Crippen LogP contribution in [0.1, 0.15) is 53.6 Å². The molecular weight excluding hydrogens is 372 g/mol. The number of hydrogen-bond acceptors (Lipinski definition) is 3. The van der Waals surface area contributed by atoms with Crippen molar-refractivity contribution in [2.45, 2.75) is 39.3 Å². The van der Waals surface area contributed by atoms with Crippen LogP contribution in [-0.2, 0) is 13.0 Å². The zero-order valence-electron chi connectivity index (χ0n) is 16.0. The van der Waals surface area contributed by atoms with E-state index in [1.54, 1.807) is 18.3 Å². The molecule has 6 heteroatoms. The van der Waals surface area contributed by atoms with E-state index in [4.69, 9.17) is 11.6 Å². The summed E-state index contributed by atoms with van der Waals surface area (Å²) < 4.78 is 2.03. The first-order chi connectivity index (χ1) is 13.4. The van der Waals surface area contributed by atoms with Gasteiger partial charge < -0.3 is 5.32 Å². The molecule has 0 saturated heterocycles. The van der Waals surface area contributed by atoms with Crippen molar-refractivity contribution in [3.05, 3.63) is 82.4 Å². The van der Waals surface area contributed by atoms with Gasteiger partial charge in [-0.1, -0.05) is 43.6 Å². The van der Waals surface area contributed by atoms with Crippen LogP contribution in [0.3, 0.4) is 0 Å². The van der Waals surface area contributed by atoms with E-state index in [1.165, 1.54) is 5.69 Å². The normalized spacial score (nSPS) is 17.8. The highest BCUT2D eigenvalue weighted by atomic mass is 35.5. The number of carbonyl (C=O) groups is 1. The van der Waals surface area contributed by atoms with E-state index < -0.39 is 0 Å². The predicted molar refractivity (Wildman–Crippen MR) is 109 cm³/mol. The molecule has 5 nitrogen and oxygen atoms in total. The Morgan fingerprint density at radius 2 is 2.14 bits per heavy atom. The molecule has 0 saturated carbocycles. The lowest BCUT2D eigenvalue weighted by molar-refractivity contribution is 0.0914. The number of halogens is 1. The lowest BCUT2D eigenvalue weighted by Crippen LogP contribution is -2.37. The standard InChI is InChI=1S/C22H23ClN4O/c1-22(2)11-19(26-21(28)18-8-3-4-9-24-18)17-13-25-27(20(17)12-22)14-15-6-5-7-16(23)10-15/h3-10,13,19H,11-12,14H2,1-2H3,(H,26,28)/t19-/m0/s1. The van der Waals surface area contributed by atoms with Crippen LogP contribution in [0.2, 0.25) is 5.02 Å². The number of pyridine rings is 1. The second kappa shape index (κ2) is 7.40. The molecule has 0 bridgehead atoms. The Hall–Kier alpha value is -2.66. The molecular formula is C22H23ClN4O. The smallest absolute Gasteiger partial charge is 0.270 e. The number of amides is 1. The summed E-state index contributed by atoms with van der Waals surface area (Å²) >= 11 is 6.13. The van der Waals surface area contributed by atoms with Gasteiger partial charge in [0, 0.05) is 22.5 Å². The van der Waals surface area contributed by atoms with Gasteiger partial charge >= 0.3 is 0 Å². The number of hydrogen-bond donors (Lipinski definition) is 1. The van der Waals surface area contributed by atoms with Crippen molar-refractivity contribution in [1.82, 2.24) is 20.1 Å². The minimum atomic E-state index is -0.156. The van der Waals surface area contributed by atoms with E-state index in [9.17, 15) is 4.79 Å². The summed E-state index contributed by atoms with van der Waals surface area (Å²) in [6.45, 7) is 5.12. The minimum Gasteiger partial charge on any atom is -0.344 e. The average Bonchev–Trinajstić information content (AvgIpc) is 3.04. The third kappa shape index (κ3) is 3.94. The first kappa shape index (κ1) is 18.7. The molecule has 0 spiro atoms. The summed E-state index contributed by atoms with van der Waals surface area (Å²) in [5.74, 6) is -0.156. The summed E-state index contributed by atoms with van der Waals surface area (Å²) in [5, 5.41) is 8.50. The molecule has 144 valence electrons. The Kier molecular flexibility index (Phi) is 4.94. The van der Waals surface area contributed by atoms with Gasteiger partial charge in [0.25, 0.3) is 5.91 Å². The first-order valence-electron chi connectivity index (χ1n) is 9.42. The van der Waals surface area contributed by atoms with Gasteiger partial charge in [0.05, 0.1) is 18.8 Å². The fraction of sp³-hybridized carbons (Fsp3) is 0.318. The molecule has 4 rings (SSSR count). The highest BCUT2D eigenvalue weighted by molar-refractivity contribution is 6.30. The Balaban J connectivity index is 1.61. The summed E-state index contributed by atoms with van der Waals surface area (Å²) in [6.07, 6.45) is 5.30. The molecule has 2 aromatic heterocycles. The zero-order chi connectivity index (χ0) is 19.7. The van der Waals surface area contributed by atoms with Crippen molar-refractivity contribution >= 4 is 17.5 Å². The Morgan fingerprint density at radius 3 is 2.89 bits per heavy atom. The molecule has 2 heterocycles. The van der Waals surface area contributed by atoms with Crippen LogP contribution in [0.25, 0.3) is 0 Å². The van der Waals surface area contributed by atoms with Crippen LogP contribution < -0.4 is 5.32 Å². The largest absolute Gasteiger partial charge is 0.344 e. The third-order valence-electron chi connectivity index (χ3n) is 5.18. The van der Waals surface area contributed by atoms with Crippen LogP contribution in [-0.4, -0.2) is 20.7 Å². The van der Waals surface area contributed by atoms with Crippen LogP contribution >= 0.6 is 11.6 Å². The van der Waals surface area contributed by atoms with Gasteiger partial charge in [0.1, 0.15) is 5.69 Å². The van der Waals surface area contributed by atoms with Gasteiger partial charge in [-0.25, -0.2) is 0 Å². The van der Waals surface area contributed by atoms with Crippen molar-refractivity contribution in [3.63, 3.8) is 0 Å². The summed E-state index contributed by atoms with van der Waals surface area (Å²) in [7, 11) is 0. The molecule has 0 radical (unpaired) electrons. The number of aromatic nitrogens is 3. The molecule has 0 fully saturated rings. The molecule has 28 heavy (non-hydrogen) atoms. The topological polar surface area (TPSA) is 59.8 Å². The van der Waals surface area contributed by atoms with Gasteiger partial charge in [-0.15, -0.1) is 0 Å². The maximum atomic E-state index is 12.7. The van der Waals surface area contributed by atoms with Gasteiger partial charge in [-0.3, -0.25) is 14.5 Å². The highest BCUT2D eigenvalue weighted by Crippen LogP contribution is 2.41. The monoisotopic (exact) mass is 394 g/mol. The molecule has 1 N–H and O–H groups in total. The average molecular weight is 395 g/mol. The number of nitrogens with one attached hydrogen (secondary N) is 1. The molecule has 1 aliphatic rings. The highest BCUT2D eigenvalue weighted by Gasteiger charge is 2.36. The molecule has 1 amide bonds. The van der Waals surface area contributed by atoms with Crippen molar-refractivity contribution in [3.8, 4) is 0 Å². The maximum Gasteiger partial charge on any atom is 0.270 e. The minimum absolute atomic E-state index is 0.0567. The fourth-order valence-corrected chi connectivity index (χ4v) is 4.11. The van der Waals surface area contributed by atoms with Crippen molar-refractivity contribution < 1.29 is 4.79 Å². The summed E-state index contributed by atoms with van der Waals surface area (Å²) in [6, 6.07) is 13.1. The van der Waals surface area contributed by atoms with E-state index in [1.807, 2.05) is 41.2 Å². The molecule has 1 aliphatic carbocycles. The molecule has 3 aromatic rings. The van der Waals surface area contributed by atoms with E-state index >= 15 is 0 Å². The molecule has 1 aromatic carbocycles. The van der Waals surface area contributed by atoms with E-state index in [-0.39, 0.29) is 17.4 Å². The van der Waals surface area contributed by atoms with Crippen molar-refractivity contribution in [1.29, 1.82) is 0 Å². The quantitative estimate of drug-likeness (QED) is 0.712. The number of fused-ring (bicyclic) bond motifs is 1. The van der Waals surface area contributed by atoms with Gasteiger partial charge in [0.15, 0.2) is 0 Å². The lowest BCUT2D eigenvalue weighted by Gasteiger charge is -2.36. The SMILES string of the molecule is CC1(C)Cc2c(cnn2Cc2cccc(Cl)c2)[C@@H](NC(=O)c2ccccn2)C1. The molecule has 1 atom stereocenters. The van der Waals surface area contributed by atoms with E-state index in [2.05, 4.69) is 29.2 Å². The third-order valence-corrected chi connectivity index (χ3v) is 5.42. The van der Waals surface area contributed by atoms with Crippen LogP contribution in [0.15, 0.2) is 54.9 Å². The number of nitrogens with zero attached hydrogens (tertiary/aromatic N) is 3. The van der Waals surface area contributed by atoms with Crippen molar-refractivity contribution in [2.24, 2.45) is 5.41 Å². The summed E-state index contributed by atoms with van der Waals surface area (Å²) in [5.41, 5.74) is 3.85. The Morgan fingerprint density at radius 1 is 1.29 bits per heavy atom. The Bertz CT molecular complexity index is 997. The number of rotatable bonds is 4. The lowest BCUT2D eigenvalue weighted by atomic mass is 9.74. The van der Waals surface area contributed by atoms with Gasteiger partial charge in [-0.2, -0.15) is 5.10 Å². The van der Waals surface area contributed by atoms with Crippen molar-refractivity contribution in [2.75, 3.05) is 0 Å². The maximum absolute atomic E-state index is 12.7. The predicted octanol–water partition coefficient (Wildman–Crippen LogP) is 4.42. The molecule has 0 aliphatic heterocycles. The molecule has 0 unspecified atom stereocenters. The number of carbonyl (C=O) groups excluding carboxylic acids is 1. The Labute approximate surface area is 169 Å². The fourth-order valence-electron chi connectivity index (χ4n) is 3.90. The van der Waals surface area contributed by atoms with Crippen LogP contribution in [0.4, 0.5) is 0 Å². The van der Waals surface area contributed by atoms with E-state index in [0.717, 1.165) is 29.0 Å². The zero-order valence-corrected chi connectivity index (χ0v) is 16.8. The number of benzene rings is 1. The second-order valence-corrected chi connectivity index (χ2v) is 8.56. The van der Waals surface area contributed by atoms with Gasteiger partial charge in [-0.05, 0) is 48.1 Å². The van der Waals surface area contributed by atoms with Crippen LogP contribution in [0.5, 0.6) is 0 Å². The first-order valence-corrected chi connectivity index (χ1v) is 9.80. The summed E-state index contributed by atoms with van der Waals surface area (Å²) in [4.78, 5) is 16.8. The van der Waals surface area contributed by atoms with Crippen LogP contribution in [0, 0.1) is 5.41 Å².